The molecule has 0 atom stereocenters. The van der Waals surface area contributed by atoms with E-state index in [1.807, 2.05) is 6.07 Å². The zero-order valence-electron chi connectivity index (χ0n) is 8.57. The van der Waals surface area contributed by atoms with E-state index in [1.165, 1.54) is 16.2 Å². The van der Waals surface area contributed by atoms with Crippen LogP contribution in [0.3, 0.4) is 0 Å². The number of urea groups is 1. The van der Waals surface area contributed by atoms with Crippen LogP contribution in [0.1, 0.15) is 4.88 Å². The molecule has 5 nitrogen and oxygen atoms in total. The topological polar surface area (TPSA) is 69.6 Å². The molecule has 88 valence electrons. The van der Waals surface area contributed by atoms with E-state index in [4.69, 9.17) is 16.7 Å². The minimum Gasteiger partial charge on any atom is -0.480 e. The third-order valence-corrected chi connectivity index (χ3v) is 2.98. The van der Waals surface area contributed by atoms with E-state index in [0.717, 1.165) is 4.88 Å². The number of hydrogen-bond acceptors (Lipinski definition) is 3. The van der Waals surface area contributed by atoms with Gasteiger partial charge in [-0.05, 0) is 12.1 Å². The van der Waals surface area contributed by atoms with Gasteiger partial charge in [0.1, 0.15) is 6.54 Å². The molecule has 0 aliphatic rings. The summed E-state index contributed by atoms with van der Waals surface area (Å²) in [6, 6.07) is 3.16. The number of halogens is 1. The van der Waals surface area contributed by atoms with Crippen LogP contribution in [0.5, 0.6) is 0 Å². The van der Waals surface area contributed by atoms with Gasteiger partial charge in [0.15, 0.2) is 0 Å². The van der Waals surface area contributed by atoms with E-state index >= 15 is 0 Å². The van der Waals surface area contributed by atoms with Gasteiger partial charge in [-0.25, -0.2) is 4.79 Å². The predicted molar refractivity (Wildman–Crippen MR) is 61.8 cm³/mol. The molecule has 0 aliphatic heterocycles. The summed E-state index contributed by atoms with van der Waals surface area (Å²) in [5, 5.41) is 10.7. The van der Waals surface area contributed by atoms with Crippen molar-refractivity contribution < 1.29 is 14.7 Å². The number of thiophene rings is 1. The van der Waals surface area contributed by atoms with E-state index < -0.39 is 12.0 Å². The normalized spacial score (nSPS) is 9.88. The number of carbonyl (C=O) groups is 2. The van der Waals surface area contributed by atoms with Crippen LogP contribution in [0.2, 0.25) is 4.34 Å². The van der Waals surface area contributed by atoms with Gasteiger partial charge in [-0.3, -0.25) is 4.79 Å². The number of carboxylic acid groups (broad SMARTS) is 1. The first-order valence-corrected chi connectivity index (χ1v) is 5.63. The third kappa shape index (κ3) is 4.08. The van der Waals surface area contributed by atoms with Gasteiger partial charge in [-0.2, -0.15) is 0 Å². The third-order valence-electron chi connectivity index (χ3n) is 1.76. The number of nitrogens with zero attached hydrogens (tertiary/aromatic N) is 1. The minimum atomic E-state index is -1.07. The van der Waals surface area contributed by atoms with Crippen LogP contribution in [0.25, 0.3) is 0 Å². The molecule has 0 aromatic carbocycles. The maximum atomic E-state index is 11.4. The van der Waals surface area contributed by atoms with Gasteiger partial charge in [0.2, 0.25) is 0 Å². The minimum absolute atomic E-state index is 0.381. The summed E-state index contributed by atoms with van der Waals surface area (Å²) in [6.07, 6.45) is 0. The van der Waals surface area contributed by atoms with E-state index in [9.17, 15) is 9.59 Å². The lowest BCUT2D eigenvalue weighted by atomic mass is 10.4. The summed E-state index contributed by atoms with van der Waals surface area (Å²) in [4.78, 5) is 24.0. The second kappa shape index (κ2) is 5.72. The van der Waals surface area contributed by atoms with Gasteiger partial charge < -0.3 is 15.3 Å². The van der Waals surface area contributed by atoms with Crippen LogP contribution in [0.4, 0.5) is 4.79 Å². The van der Waals surface area contributed by atoms with E-state index in [1.54, 1.807) is 13.1 Å². The molecule has 0 saturated carbocycles. The number of carbonyl (C=O) groups excluding carboxylic acids is 1. The molecule has 0 unspecified atom stereocenters. The lowest BCUT2D eigenvalue weighted by molar-refractivity contribution is -0.135. The average molecular weight is 263 g/mol. The molecule has 2 N–H and O–H groups in total. The lowest BCUT2D eigenvalue weighted by Crippen LogP contribution is -2.39. The highest BCUT2D eigenvalue weighted by molar-refractivity contribution is 7.16. The van der Waals surface area contributed by atoms with Crippen molar-refractivity contribution in [1.29, 1.82) is 0 Å². The fourth-order valence-corrected chi connectivity index (χ4v) is 2.17. The average Bonchev–Trinajstić information content (AvgIpc) is 2.60. The Labute approximate surface area is 102 Å². The van der Waals surface area contributed by atoms with Gasteiger partial charge in [-0.1, -0.05) is 11.6 Å². The molecule has 16 heavy (non-hydrogen) atoms. The van der Waals surface area contributed by atoms with Gasteiger partial charge in [0, 0.05) is 11.9 Å². The Morgan fingerprint density at radius 2 is 2.25 bits per heavy atom. The van der Waals surface area contributed by atoms with Crippen LogP contribution in [0, 0.1) is 0 Å². The summed E-state index contributed by atoms with van der Waals surface area (Å²) in [6.45, 7) is 0.0250. The highest BCUT2D eigenvalue weighted by Crippen LogP contribution is 2.22. The molecular formula is C9H11ClN2O3S. The van der Waals surface area contributed by atoms with Crippen molar-refractivity contribution in [3.8, 4) is 0 Å². The van der Waals surface area contributed by atoms with E-state index in [2.05, 4.69) is 5.32 Å². The van der Waals surface area contributed by atoms with Crippen molar-refractivity contribution in [2.45, 2.75) is 6.54 Å². The molecule has 0 spiro atoms. The second-order valence-corrected chi connectivity index (χ2v) is 4.91. The summed E-state index contributed by atoms with van der Waals surface area (Å²) in [5.41, 5.74) is 0. The molecule has 1 aromatic heterocycles. The van der Waals surface area contributed by atoms with Gasteiger partial charge in [0.25, 0.3) is 0 Å². The van der Waals surface area contributed by atoms with Crippen molar-refractivity contribution in [2.24, 2.45) is 0 Å². The molecule has 7 heteroatoms. The number of rotatable bonds is 4. The number of hydrogen-bond donors (Lipinski definition) is 2. The van der Waals surface area contributed by atoms with Gasteiger partial charge in [0.05, 0.1) is 10.9 Å². The van der Waals surface area contributed by atoms with Crippen molar-refractivity contribution in [2.75, 3.05) is 13.6 Å². The summed E-state index contributed by atoms with van der Waals surface area (Å²) < 4.78 is 0.661. The maximum absolute atomic E-state index is 11.4. The standard InChI is InChI=1S/C9H11ClN2O3S/c1-12(9(15)11-4-8(13)14)5-6-2-3-7(10)16-6/h2-3H,4-5H2,1H3,(H,11,15)(H,13,14). The Morgan fingerprint density at radius 3 is 2.75 bits per heavy atom. The molecule has 0 radical (unpaired) electrons. The van der Waals surface area contributed by atoms with E-state index in [-0.39, 0.29) is 6.54 Å². The Morgan fingerprint density at radius 1 is 1.56 bits per heavy atom. The van der Waals surface area contributed by atoms with Gasteiger partial charge in [-0.15, -0.1) is 11.3 Å². The molecule has 1 aromatic rings. The number of carboxylic acids is 1. The lowest BCUT2D eigenvalue weighted by Gasteiger charge is -2.16. The Hall–Kier alpha value is -1.27. The SMILES string of the molecule is CN(Cc1ccc(Cl)s1)C(=O)NCC(=O)O. The fourth-order valence-electron chi connectivity index (χ4n) is 1.03. The van der Waals surface area contributed by atoms with Crippen LogP contribution < -0.4 is 5.32 Å². The second-order valence-electron chi connectivity index (χ2n) is 3.11. The molecule has 0 bridgehead atoms. The predicted octanol–water partition coefficient (Wildman–Crippen LogP) is 1.63. The highest BCUT2D eigenvalue weighted by Gasteiger charge is 2.10. The smallest absolute Gasteiger partial charge is 0.323 e. The molecule has 0 fully saturated rings. The fraction of sp³-hybridized carbons (Fsp3) is 0.333. The number of amides is 2. The zero-order valence-corrected chi connectivity index (χ0v) is 10.1. The maximum Gasteiger partial charge on any atom is 0.323 e. The number of aliphatic carboxylic acids is 1. The van der Waals surface area contributed by atoms with Crippen molar-refractivity contribution >= 4 is 34.9 Å². The molecule has 1 heterocycles. The van der Waals surface area contributed by atoms with Crippen LogP contribution >= 0.6 is 22.9 Å². The Bertz CT molecular complexity index is 394. The van der Waals surface area contributed by atoms with Crippen molar-refractivity contribution in [1.82, 2.24) is 10.2 Å². The molecule has 1 rings (SSSR count). The molecule has 0 aliphatic carbocycles. The summed E-state index contributed by atoms with van der Waals surface area (Å²) in [7, 11) is 1.59. The monoisotopic (exact) mass is 262 g/mol. The summed E-state index contributed by atoms with van der Waals surface area (Å²) >= 11 is 7.13. The Kier molecular flexibility index (Phi) is 4.57. The molecule has 0 saturated heterocycles. The molecule has 2 amide bonds. The number of nitrogens with one attached hydrogen (secondary N) is 1. The summed E-state index contributed by atoms with van der Waals surface area (Å²) in [5.74, 6) is -1.07. The van der Waals surface area contributed by atoms with Crippen molar-refractivity contribution in [3.05, 3.63) is 21.3 Å². The quantitative estimate of drug-likeness (QED) is 0.866. The largest absolute Gasteiger partial charge is 0.480 e. The van der Waals surface area contributed by atoms with E-state index in [0.29, 0.717) is 10.9 Å². The van der Waals surface area contributed by atoms with Crippen LogP contribution in [-0.4, -0.2) is 35.6 Å². The van der Waals surface area contributed by atoms with Crippen molar-refractivity contribution in [3.63, 3.8) is 0 Å². The molecular weight excluding hydrogens is 252 g/mol. The highest BCUT2D eigenvalue weighted by atomic mass is 35.5. The van der Waals surface area contributed by atoms with Crippen LogP contribution in [0.15, 0.2) is 12.1 Å². The Balaban J connectivity index is 2.42. The zero-order chi connectivity index (χ0) is 12.1. The van der Waals surface area contributed by atoms with Gasteiger partial charge >= 0.3 is 12.0 Å². The first-order chi connectivity index (χ1) is 7.49. The first-order valence-electron chi connectivity index (χ1n) is 4.44. The van der Waals surface area contributed by atoms with Crippen LogP contribution in [-0.2, 0) is 11.3 Å². The first kappa shape index (κ1) is 12.8.